The lowest BCUT2D eigenvalue weighted by molar-refractivity contribution is -0.172. The molecule has 0 saturated carbocycles. The Balaban J connectivity index is 0.00000441. The number of ether oxygens (including phenoxy) is 1. The number of esters is 1. The normalized spacial score (nSPS) is 13.3. The summed E-state index contributed by atoms with van der Waals surface area (Å²) in [5.41, 5.74) is -0.971. The maximum atomic E-state index is 12.3. The third-order valence-electron chi connectivity index (χ3n) is 3.84. The van der Waals surface area contributed by atoms with Crippen molar-refractivity contribution in [3.8, 4) is 0 Å². The molecule has 4 heteroatoms. The van der Waals surface area contributed by atoms with Gasteiger partial charge in [0.2, 0.25) is 0 Å². The van der Waals surface area contributed by atoms with Gasteiger partial charge in [0.1, 0.15) is 0 Å². The molecular formula is C18H29ClO3. The Morgan fingerprint density at radius 2 is 1.73 bits per heavy atom. The first-order valence-corrected chi connectivity index (χ1v) is 7.98. The SMILES string of the molecule is CCCCCCCOC(=O)C(O)(c1ccccc1)C(C)C.Cl. The van der Waals surface area contributed by atoms with Crippen molar-refractivity contribution in [3.63, 3.8) is 0 Å². The van der Waals surface area contributed by atoms with Gasteiger partial charge in [-0.1, -0.05) is 76.8 Å². The Morgan fingerprint density at radius 3 is 2.27 bits per heavy atom. The number of benzene rings is 1. The fourth-order valence-corrected chi connectivity index (χ4v) is 2.36. The summed E-state index contributed by atoms with van der Waals surface area (Å²) in [6.07, 6.45) is 5.50. The number of unbranched alkanes of at least 4 members (excludes halogenated alkanes) is 4. The van der Waals surface area contributed by atoms with Gasteiger partial charge < -0.3 is 9.84 Å². The predicted octanol–water partition coefficient (Wildman–Crippen LogP) is 4.47. The summed E-state index contributed by atoms with van der Waals surface area (Å²) in [6.45, 7) is 6.21. The number of aliphatic hydroxyl groups is 1. The molecule has 0 aliphatic heterocycles. The molecule has 0 radical (unpaired) electrons. The summed E-state index contributed by atoms with van der Waals surface area (Å²) in [7, 11) is 0. The summed E-state index contributed by atoms with van der Waals surface area (Å²) >= 11 is 0. The number of carbonyl (C=O) groups is 1. The van der Waals surface area contributed by atoms with Gasteiger partial charge in [0.15, 0.2) is 5.60 Å². The third kappa shape index (κ3) is 5.62. The summed E-state index contributed by atoms with van der Waals surface area (Å²) in [5.74, 6) is -0.785. The van der Waals surface area contributed by atoms with E-state index < -0.39 is 11.6 Å². The van der Waals surface area contributed by atoms with E-state index in [0.717, 1.165) is 12.8 Å². The Bertz CT molecular complexity index is 420. The van der Waals surface area contributed by atoms with E-state index in [2.05, 4.69) is 6.92 Å². The van der Waals surface area contributed by atoms with E-state index in [1.165, 1.54) is 19.3 Å². The van der Waals surface area contributed by atoms with E-state index in [0.29, 0.717) is 12.2 Å². The van der Waals surface area contributed by atoms with Crippen LogP contribution in [0.25, 0.3) is 0 Å². The van der Waals surface area contributed by atoms with Crippen molar-refractivity contribution < 1.29 is 14.6 Å². The van der Waals surface area contributed by atoms with Crippen molar-refractivity contribution in [1.29, 1.82) is 0 Å². The number of carbonyl (C=O) groups excluding carboxylic acids is 1. The van der Waals surface area contributed by atoms with Crippen LogP contribution in [0.3, 0.4) is 0 Å². The maximum absolute atomic E-state index is 12.3. The summed E-state index contributed by atoms with van der Waals surface area (Å²) in [6, 6.07) is 9.04. The monoisotopic (exact) mass is 328 g/mol. The van der Waals surface area contributed by atoms with Crippen LogP contribution in [0, 0.1) is 5.92 Å². The quantitative estimate of drug-likeness (QED) is 0.537. The van der Waals surface area contributed by atoms with Crippen LogP contribution in [0.15, 0.2) is 30.3 Å². The van der Waals surface area contributed by atoms with Crippen LogP contribution in [0.2, 0.25) is 0 Å². The average Bonchev–Trinajstić information content (AvgIpc) is 2.50. The number of hydrogen-bond acceptors (Lipinski definition) is 3. The van der Waals surface area contributed by atoms with Gasteiger partial charge in [0, 0.05) is 0 Å². The van der Waals surface area contributed by atoms with E-state index >= 15 is 0 Å². The number of hydrogen-bond donors (Lipinski definition) is 1. The second kappa shape index (κ2) is 10.6. The second-order valence-electron chi connectivity index (χ2n) is 5.84. The molecule has 0 spiro atoms. The molecule has 1 atom stereocenters. The summed E-state index contributed by atoms with van der Waals surface area (Å²) < 4.78 is 5.31. The molecule has 0 bridgehead atoms. The van der Waals surface area contributed by atoms with E-state index in [1.54, 1.807) is 12.1 Å². The lowest BCUT2D eigenvalue weighted by atomic mass is 9.83. The Morgan fingerprint density at radius 1 is 1.14 bits per heavy atom. The number of halogens is 1. The largest absolute Gasteiger partial charge is 0.463 e. The van der Waals surface area contributed by atoms with Crippen LogP contribution in [0.5, 0.6) is 0 Å². The molecule has 0 saturated heterocycles. The standard InChI is InChI=1S/C18H28O3.ClH/c1-4-5-6-7-11-14-21-17(19)18(20,15(2)3)16-12-9-8-10-13-16;/h8-10,12-13,15,20H,4-7,11,14H2,1-3H3;1H. The minimum absolute atomic E-state index is 0. The van der Waals surface area contributed by atoms with Crippen LogP contribution in [0.4, 0.5) is 0 Å². The zero-order valence-corrected chi connectivity index (χ0v) is 14.7. The molecule has 1 rings (SSSR count). The molecule has 0 aliphatic carbocycles. The van der Waals surface area contributed by atoms with Gasteiger partial charge in [-0.2, -0.15) is 0 Å². The molecule has 0 heterocycles. The topological polar surface area (TPSA) is 46.5 Å². The predicted molar refractivity (Wildman–Crippen MR) is 92.1 cm³/mol. The molecule has 3 nitrogen and oxygen atoms in total. The van der Waals surface area contributed by atoms with Crippen LogP contribution < -0.4 is 0 Å². The van der Waals surface area contributed by atoms with Gasteiger partial charge in [-0.3, -0.25) is 0 Å². The van der Waals surface area contributed by atoms with Crippen LogP contribution in [0.1, 0.15) is 58.4 Å². The molecule has 1 aromatic carbocycles. The van der Waals surface area contributed by atoms with Crippen LogP contribution in [-0.2, 0) is 15.1 Å². The van der Waals surface area contributed by atoms with E-state index in [9.17, 15) is 9.90 Å². The van der Waals surface area contributed by atoms with Crippen molar-refractivity contribution >= 4 is 18.4 Å². The molecule has 0 aromatic heterocycles. The van der Waals surface area contributed by atoms with Crippen molar-refractivity contribution in [1.82, 2.24) is 0 Å². The van der Waals surface area contributed by atoms with Gasteiger partial charge >= 0.3 is 5.97 Å². The molecule has 0 fully saturated rings. The minimum atomic E-state index is -1.56. The van der Waals surface area contributed by atoms with E-state index in [1.807, 2.05) is 32.0 Å². The maximum Gasteiger partial charge on any atom is 0.343 e. The Labute approximate surface area is 140 Å². The van der Waals surface area contributed by atoms with Gasteiger partial charge in [-0.25, -0.2) is 4.79 Å². The van der Waals surface area contributed by atoms with Crippen molar-refractivity contribution in [2.75, 3.05) is 6.61 Å². The second-order valence-corrected chi connectivity index (χ2v) is 5.84. The molecule has 22 heavy (non-hydrogen) atoms. The van der Waals surface area contributed by atoms with Gasteiger partial charge in [-0.05, 0) is 17.9 Å². The van der Waals surface area contributed by atoms with Crippen molar-refractivity contribution in [2.24, 2.45) is 5.92 Å². The minimum Gasteiger partial charge on any atom is -0.463 e. The molecule has 1 aromatic rings. The Hall–Kier alpha value is -1.06. The van der Waals surface area contributed by atoms with E-state index in [-0.39, 0.29) is 18.3 Å². The van der Waals surface area contributed by atoms with Gasteiger partial charge in [0.25, 0.3) is 0 Å². The average molecular weight is 329 g/mol. The van der Waals surface area contributed by atoms with Crippen molar-refractivity contribution in [2.45, 2.75) is 58.5 Å². The zero-order valence-electron chi connectivity index (χ0n) is 13.9. The van der Waals surface area contributed by atoms with Gasteiger partial charge in [-0.15, -0.1) is 12.4 Å². The molecule has 1 unspecified atom stereocenters. The molecular weight excluding hydrogens is 300 g/mol. The first kappa shape index (κ1) is 20.9. The highest BCUT2D eigenvalue weighted by Gasteiger charge is 2.42. The highest BCUT2D eigenvalue weighted by molar-refractivity contribution is 5.85. The zero-order chi connectivity index (χ0) is 15.7. The molecule has 0 aliphatic rings. The van der Waals surface area contributed by atoms with Gasteiger partial charge in [0.05, 0.1) is 6.61 Å². The lowest BCUT2D eigenvalue weighted by Crippen LogP contribution is -2.42. The number of rotatable bonds is 9. The van der Waals surface area contributed by atoms with Crippen LogP contribution in [-0.4, -0.2) is 17.7 Å². The molecule has 1 N–H and O–H groups in total. The fourth-order valence-electron chi connectivity index (χ4n) is 2.36. The third-order valence-corrected chi connectivity index (χ3v) is 3.84. The highest BCUT2D eigenvalue weighted by atomic mass is 35.5. The fraction of sp³-hybridized carbons (Fsp3) is 0.611. The Kier molecular flexibility index (Phi) is 10.1. The highest BCUT2D eigenvalue weighted by Crippen LogP contribution is 2.31. The summed E-state index contributed by atoms with van der Waals surface area (Å²) in [5, 5.41) is 10.8. The lowest BCUT2D eigenvalue weighted by Gasteiger charge is -2.30. The first-order chi connectivity index (χ1) is 10.0. The van der Waals surface area contributed by atoms with Crippen LogP contribution >= 0.6 is 12.4 Å². The van der Waals surface area contributed by atoms with Crippen molar-refractivity contribution in [3.05, 3.63) is 35.9 Å². The summed E-state index contributed by atoms with van der Waals surface area (Å²) in [4.78, 5) is 12.3. The van der Waals surface area contributed by atoms with E-state index in [4.69, 9.17) is 4.74 Å². The smallest absolute Gasteiger partial charge is 0.343 e. The first-order valence-electron chi connectivity index (χ1n) is 7.98. The molecule has 126 valence electrons. The molecule has 0 amide bonds.